The van der Waals surface area contributed by atoms with E-state index in [0.29, 0.717) is 0 Å². The van der Waals surface area contributed by atoms with Crippen LogP contribution in [0.5, 0.6) is 0 Å². The van der Waals surface area contributed by atoms with Crippen molar-refractivity contribution >= 4 is 23.7 Å². The Morgan fingerprint density at radius 3 is 2.15 bits per heavy atom. The second-order valence-electron chi connectivity index (χ2n) is 7.71. The summed E-state index contributed by atoms with van der Waals surface area (Å²) in [5.41, 5.74) is 3.56. The van der Waals surface area contributed by atoms with Gasteiger partial charge in [0.05, 0.1) is 12.1 Å². The van der Waals surface area contributed by atoms with Crippen molar-refractivity contribution < 1.29 is 33.0 Å². The molecule has 1 atom stereocenters. The van der Waals surface area contributed by atoms with Crippen molar-refractivity contribution in [3.63, 3.8) is 0 Å². The molecule has 0 spiro atoms. The number of carboxylic acids is 1. The maximum Gasteiger partial charge on any atom is 0.407 e. The highest BCUT2D eigenvalue weighted by Gasteiger charge is 2.30. The molecule has 9 heteroatoms. The maximum atomic E-state index is 13.9. The number of ether oxygens (including phenoxy) is 1. The number of rotatable bonds is 7. The summed E-state index contributed by atoms with van der Waals surface area (Å²) in [6, 6.07) is 17.0. The number of alkyl carbamates (subject to hydrolysis) is 1. The third kappa shape index (κ3) is 4.73. The van der Waals surface area contributed by atoms with E-state index in [1.54, 1.807) is 0 Å². The van der Waals surface area contributed by atoms with Crippen molar-refractivity contribution in [3.05, 3.63) is 89.5 Å². The summed E-state index contributed by atoms with van der Waals surface area (Å²) in [7, 11) is 0. The van der Waals surface area contributed by atoms with Gasteiger partial charge in [0, 0.05) is 5.92 Å². The van der Waals surface area contributed by atoms with Gasteiger partial charge in [-0.05, 0) is 34.4 Å². The van der Waals surface area contributed by atoms with Gasteiger partial charge < -0.3 is 20.5 Å². The van der Waals surface area contributed by atoms with E-state index < -0.39 is 47.8 Å². The van der Waals surface area contributed by atoms with E-state index >= 15 is 0 Å². The van der Waals surface area contributed by atoms with Crippen LogP contribution in [0.4, 0.5) is 19.3 Å². The maximum absolute atomic E-state index is 13.9. The van der Waals surface area contributed by atoms with Crippen molar-refractivity contribution in [1.29, 1.82) is 0 Å². The van der Waals surface area contributed by atoms with E-state index in [9.17, 15) is 23.2 Å². The molecule has 3 N–H and O–H groups in total. The van der Waals surface area contributed by atoms with E-state index in [0.717, 1.165) is 34.4 Å². The molecule has 4 rings (SSSR count). The van der Waals surface area contributed by atoms with Crippen LogP contribution in [0.2, 0.25) is 0 Å². The standard InChI is InChI=1S/C25H20F2N2O5/c26-19-10-5-11-20(23(19)27)28-24(32)21(12-22(30)31)29-25(33)34-13-18-16-8-3-1-6-14(16)15-7-2-4-9-17(15)18/h1-11,18,21H,12-13H2,(H,28,32)(H,29,33)(H,30,31). The summed E-state index contributed by atoms with van der Waals surface area (Å²) in [4.78, 5) is 36.2. The fourth-order valence-corrected chi connectivity index (χ4v) is 3.99. The highest BCUT2D eigenvalue weighted by atomic mass is 19.2. The van der Waals surface area contributed by atoms with Gasteiger partial charge in [-0.25, -0.2) is 13.6 Å². The number of carbonyl (C=O) groups is 3. The predicted molar refractivity (Wildman–Crippen MR) is 119 cm³/mol. The molecule has 0 aromatic heterocycles. The minimum Gasteiger partial charge on any atom is -0.481 e. The summed E-state index contributed by atoms with van der Waals surface area (Å²) in [5.74, 6) is -5.12. The minimum absolute atomic E-state index is 0.0419. The van der Waals surface area contributed by atoms with Gasteiger partial charge in [-0.1, -0.05) is 54.6 Å². The average Bonchev–Trinajstić information content (AvgIpc) is 3.14. The number of halogens is 2. The highest BCUT2D eigenvalue weighted by Crippen LogP contribution is 2.44. The number of amides is 2. The Morgan fingerprint density at radius 1 is 0.912 bits per heavy atom. The van der Waals surface area contributed by atoms with Crippen molar-refractivity contribution in [3.8, 4) is 11.1 Å². The first kappa shape index (κ1) is 22.9. The Morgan fingerprint density at radius 2 is 1.53 bits per heavy atom. The molecule has 174 valence electrons. The number of anilines is 1. The SMILES string of the molecule is O=C(O)CC(NC(=O)OCC1c2ccccc2-c2ccccc21)C(=O)Nc1cccc(F)c1F. The number of fused-ring (bicyclic) bond motifs is 3. The topological polar surface area (TPSA) is 105 Å². The Hall–Kier alpha value is -4.27. The van der Waals surface area contributed by atoms with Gasteiger partial charge in [0.2, 0.25) is 5.91 Å². The molecule has 0 radical (unpaired) electrons. The van der Waals surface area contributed by atoms with Gasteiger partial charge in [0.1, 0.15) is 12.6 Å². The fraction of sp³-hybridized carbons (Fsp3) is 0.160. The van der Waals surface area contributed by atoms with Crippen LogP contribution in [0.3, 0.4) is 0 Å². The van der Waals surface area contributed by atoms with Crippen LogP contribution in [-0.2, 0) is 14.3 Å². The Bertz CT molecular complexity index is 1220. The van der Waals surface area contributed by atoms with Crippen LogP contribution in [-0.4, -0.2) is 35.7 Å². The van der Waals surface area contributed by atoms with Gasteiger partial charge in [0.25, 0.3) is 0 Å². The molecule has 0 heterocycles. The lowest BCUT2D eigenvalue weighted by atomic mass is 9.98. The number of hydrogen-bond donors (Lipinski definition) is 3. The molecule has 1 aliphatic carbocycles. The number of hydrogen-bond acceptors (Lipinski definition) is 4. The van der Waals surface area contributed by atoms with Crippen LogP contribution < -0.4 is 10.6 Å². The summed E-state index contributed by atoms with van der Waals surface area (Å²) in [5, 5.41) is 13.4. The third-order valence-corrected chi connectivity index (χ3v) is 5.54. The monoisotopic (exact) mass is 466 g/mol. The number of aliphatic carboxylic acids is 1. The molecule has 0 aliphatic heterocycles. The normalized spacial score (nSPS) is 12.9. The van der Waals surface area contributed by atoms with Crippen LogP contribution in [0, 0.1) is 11.6 Å². The van der Waals surface area contributed by atoms with Crippen LogP contribution >= 0.6 is 0 Å². The molecule has 0 saturated carbocycles. The Labute approximate surface area is 193 Å². The Balaban J connectivity index is 1.44. The van der Waals surface area contributed by atoms with Gasteiger partial charge in [0.15, 0.2) is 11.6 Å². The Kier molecular flexibility index (Phi) is 6.53. The summed E-state index contributed by atoms with van der Waals surface area (Å²) in [6.45, 7) is -0.0419. The quantitative estimate of drug-likeness (QED) is 0.482. The molecule has 7 nitrogen and oxygen atoms in total. The number of carbonyl (C=O) groups excluding carboxylic acids is 2. The summed E-state index contributed by atoms with van der Waals surface area (Å²) >= 11 is 0. The third-order valence-electron chi connectivity index (χ3n) is 5.54. The lowest BCUT2D eigenvalue weighted by Gasteiger charge is -2.19. The molecule has 0 fully saturated rings. The molecule has 0 saturated heterocycles. The zero-order valence-corrected chi connectivity index (χ0v) is 17.8. The molecule has 3 aromatic rings. The molecule has 1 aliphatic rings. The molecular weight excluding hydrogens is 446 g/mol. The number of nitrogens with one attached hydrogen (secondary N) is 2. The minimum atomic E-state index is -1.57. The van der Waals surface area contributed by atoms with Crippen molar-refractivity contribution in [2.45, 2.75) is 18.4 Å². The summed E-state index contributed by atoms with van der Waals surface area (Å²) < 4.78 is 32.6. The average molecular weight is 466 g/mol. The van der Waals surface area contributed by atoms with Gasteiger partial charge in [-0.15, -0.1) is 0 Å². The smallest absolute Gasteiger partial charge is 0.407 e. The predicted octanol–water partition coefficient (Wildman–Crippen LogP) is 4.29. The van der Waals surface area contributed by atoms with Crippen molar-refractivity contribution in [2.24, 2.45) is 0 Å². The highest BCUT2D eigenvalue weighted by molar-refractivity contribution is 5.98. The van der Waals surface area contributed by atoms with Crippen molar-refractivity contribution in [1.82, 2.24) is 5.32 Å². The second kappa shape index (κ2) is 9.70. The molecule has 34 heavy (non-hydrogen) atoms. The molecule has 3 aromatic carbocycles. The first-order valence-corrected chi connectivity index (χ1v) is 10.4. The first-order valence-electron chi connectivity index (χ1n) is 10.4. The zero-order chi connectivity index (χ0) is 24.2. The largest absolute Gasteiger partial charge is 0.481 e. The lowest BCUT2D eigenvalue weighted by Crippen LogP contribution is -2.45. The first-order chi connectivity index (χ1) is 16.3. The summed E-state index contributed by atoms with van der Waals surface area (Å²) in [6.07, 6.45) is -1.80. The fourth-order valence-electron chi connectivity index (χ4n) is 3.99. The van der Waals surface area contributed by atoms with Crippen LogP contribution in [0.25, 0.3) is 11.1 Å². The van der Waals surface area contributed by atoms with E-state index in [-0.39, 0.29) is 12.5 Å². The molecule has 1 unspecified atom stereocenters. The second-order valence-corrected chi connectivity index (χ2v) is 7.71. The zero-order valence-electron chi connectivity index (χ0n) is 17.8. The van der Waals surface area contributed by atoms with Gasteiger partial charge in [-0.2, -0.15) is 0 Å². The molecule has 0 bridgehead atoms. The van der Waals surface area contributed by atoms with E-state index in [4.69, 9.17) is 9.84 Å². The van der Waals surface area contributed by atoms with Gasteiger partial charge in [-0.3, -0.25) is 9.59 Å². The molecular formula is C25H20F2N2O5. The van der Waals surface area contributed by atoms with E-state index in [1.165, 1.54) is 6.07 Å². The van der Waals surface area contributed by atoms with Crippen LogP contribution in [0.1, 0.15) is 23.5 Å². The van der Waals surface area contributed by atoms with Crippen LogP contribution in [0.15, 0.2) is 66.7 Å². The lowest BCUT2D eigenvalue weighted by molar-refractivity contribution is -0.139. The number of carboxylic acid groups (broad SMARTS) is 1. The van der Waals surface area contributed by atoms with E-state index in [2.05, 4.69) is 10.6 Å². The van der Waals surface area contributed by atoms with E-state index in [1.807, 2.05) is 48.5 Å². The van der Waals surface area contributed by atoms with Gasteiger partial charge >= 0.3 is 12.1 Å². The molecule has 2 amide bonds. The number of benzene rings is 3. The van der Waals surface area contributed by atoms with Crippen molar-refractivity contribution in [2.75, 3.05) is 11.9 Å².